The zero-order chi connectivity index (χ0) is 13.0. The van der Waals surface area contributed by atoms with E-state index in [4.69, 9.17) is 88.6 Å². The number of hydrogen-bond acceptors (Lipinski definition) is 0. The molecule has 0 unspecified atom stereocenters. The minimum absolute atomic E-state index is 0.502. The van der Waals surface area contributed by atoms with E-state index in [9.17, 15) is 0 Å². The van der Waals surface area contributed by atoms with Crippen LogP contribution in [0.4, 0.5) is 0 Å². The number of halogens is 8. The standard InChI is InChI=1S/C4H8Cl8Si4/c5-13(6)3-15(9,10)1-2-16(11,12)4-14(7)8/h1-4H2. The Morgan fingerprint density at radius 1 is 0.625 bits per heavy atom. The van der Waals surface area contributed by atoms with Gasteiger partial charge >= 0.3 is 0 Å². The average molecular weight is 452 g/mol. The molecule has 0 aliphatic carbocycles. The second-order valence-corrected chi connectivity index (χ2v) is 28.3. The van der Waals surface area contributed by atoms with Crippen LogP contribution >= 0.6 is 88.6 Å². The van der Waals surface area contributed by atoms with Gasteiger partial charge in [-0.05, 0) is 23.4 Å². The summed E-state index contributed by atoms with van der Waals surface area (Å²) in [4.78, 5) is 0. The van der Waals surface area contributed by atoms with Gasteiger partial charge in [0.15, 0.2) is 0 Å². The summed E-state index contributed by atoms with van der Waals surface area (Å²) >= 11 is 47.7. The first kappa shape index (κ1) is 19.2. The third-order valence-corrected chi connectivity index (χ3v) is 22.3. The Hall–Kier alpha value is 3.19. The molecule has 0 aromatic heterocycles. The van der Waals surface area contributed by atoms with E-state index in [1.54, 1.807) is 0 Å². The molecule has 16 heavy (non-hydrogen) atoms. The molecule has 0 aliphatic rings. The third kappa shape index (κ3) is 11.1. The van der Waals surface area contributed by atoms with Gasteiger partial charge in [0.05, 0.1) is 0 Å². The van der Waals surface area contributed by atoms with Crippen molar-refractivity contribution in [1.82, 2.24) is 0 Å². The van der Waals surface area contributed by atoms with Gasteiger partial charge in [-0.1, -0.05) is 0 Å². The maximum Gasteiger partial charge on any atom is 0.273 e. The highest BCUT2D eigenvalue weighted by atomic mass is 35.7. The van der Waals surface area contributed by atoms with Crippen molar-refractivity contribution in [1.29, 1.82) is 0 Å². The molecular formula is C4H8Cl8Si4. The topological polar surface area (TPSA) is 0 Å². The summed E-state index contributed by atoms with van der Waals surface area (Å²) in [7, 11) is -2.91. The van der Waals surface area contributed by atoms with Crippen LogP contribution in [0.3, 0.4) is 0 Å². The molecule has 2 radical (unpaired) electrons. The minimum atomic E-state index is -2.41. The molecule has 0 aliphatic heterocycles. The fourth-order valence-corrected chi connectivity index (χ4v) is 29.8. The lowest BCUT2D eigenvalue weighted by atomic mass is 10.9. The van der Waals surface area contributed by atoms with Crippen LogP contribution in [0, 0.1) is 0 Å². The Kier molecular flexibility index (Phi) is 10.2. The molecule has 0 rings (SSSR count). The highest BCUT2D eigenvalue weighted by Crippen LogP contribution is 2.37. The fraction of sp³-hybridized carbons (Fsp3) is 1.00. The second-order valence-electron chi connectivity index (χ2n) is 3.24. The van der Waals surface area contributed by atoms with E-state index in [2.05, 4.69) is 0 Å². The van der Waals surface area contributed by atoms with Crippen molar-refractivity contribution < 1.29 is 0 Å². The maximum absolute atomic E-state index is 6.18. The van der Waals surface area contributed by atoms with E-state index in [0.29, 0.717) is 23.4 Å². The molecular weight excluding hydrogens is 444 g/mol. The second kappa shape index (κ2) is 8.47. The monoisotopic (exact) mass is 448 g/mol. The summed E-state index contributed by atoms with van der Waals surface area (Å²) in [6.07, 6.45) is 0. The predicted molar refractivity (Wildman–Crippen MR) is 89.1 cm³/mol. The van der Waals surface area contributed by atoms with Gasteiger partial charge in [-0.3, -0.25) is 0 Å². The van der Waals surface area contributed by atoms with Crippen LogP contribution in [-0.4, -0.2) is 28.2 Å². The van der Waals surface area contributed by atoms with Gasteiger partial charge in [-0.2, -0.15) is 0 Å². The largest absolute Gasteiger partial charge is 0.273 e. The van der Waals surface area contributed by atoms with Crippen molar-refractivity contribution in [3.05, 3.63) is 0 Å². The van der Waals surface area contributed by atoms with Gasteiger partial charge in [-0.25, -0.2) is 0 Å². The summed E-state index contributed by atoms with van der Waals surface area (Å²) in [5.41, 5.74) is 1.00. The third-order valence-electron chi connectivity index (χ3n) is 1.64. The van der Waals surface area contributed by atoms with E-state index in [-0.39, 0.29) is 0 Å². The minimum Gasteiger partial charge on any atom is -0.147 e. The zero-order valence-electron chi connectivity index (χ0n) is 7.85. The molecule has 0 N–H and O–H groups in total. The van der Waals surface area contributed by atoms with Crippen molar-refractivity contribution in [3.63, 3.8) is 0 Å². The number of hydrogen-bond donors (Lipinski definition) is 0. The molecule has 0 aromatic carbocycles. The lowest BCUT2D eigenvalue weighted by Gasteiger charge is -2.21. The Morgan fingerprint density at radius 3 is 1.06 bits per heavy atom. The van der Waals surface area contributed by atoms with Gasteiger partial charge in [0.2, 0.25) is 0 Å². The molecule has 0 nitrogen and oxygen atoms in total. The predicted octanol–water partition coefficient (Wildman–Crippen LogP) is 5.84. The molecule has 0 fully saturated rings. The summed E-state index contributed by atoms with van der Waals surface area (Å²) in [6, 6.07) is 1.18. The Balaban J connectivity index is 4.11. The van der Waals surface area contributed by atoms with Crippen LogP contribution in [0.2, 0.25) is 23.4 Å². The van der Waals surface area contributed by atoms with Crippen molar-refractivity contribution in [2.24, 2.45) is 0 Å². The maximum atomic E-state index is 6.18. The summed E-state index contributed by atoms with van der Waals surface area (Å²) < 4.78 is 0. The normalized spacial score (nSPS) is 13.9. The summed E-state index contributed by atoms with van der Waals surface area (Å²) in [5.74, 6) is 0. The zero-order valence-corrected chi connectivity index (χ0v) is 17.9. The van der Waals surface area contributed by atoms with E-state index >= 15 is 0 Å². The number of rotatable bonds is 7. The first-order chi connectivity index (χ1) is 7.04. The smallest absolute Gasteiger partial charge is 0.147 e. The highest BCUT2D eigenvalue weighted by Gasteiger charge is 2.38. The van der Waals surface area contributed by atoms with Crippen LogP contribution in [0.1, 0.15) is 0 Å². The van der Waals surface area contributed by atoms with Gasteiger partial charge in [0, 0.05) is 0 Å². The van der Waals surface area contributed by atoms with E-state index < -0.39 is 28.2 Å². The molecule has 0 atom stereocenters. The fourth-order valence-electron chi connectivity index (χ4n) is 0.934. The van der Waals surface area contributed by atoms with Crippen LogP contribution in [0.15, 0.2) is 0 Å². The van der Waals surface area contributed by atoms with Gasteiger partial charge in [0.1, 0.15) is 0 Å². The van der Waals surface area contributed by atoms with Gasteiger partial charge in [-0.15, -0.1) is 88.6 Å². The molecule has 12 heteroatoms. The van der Waals surface area contributed by atoms with Crippen molar-refractivity contribution in [3.8, 4) is 0 Å². The Labute approximate surface area is 139 Å². The molecule has 0 aromatic rings. The SMILES string of the molecule is Cl[Si](Cl)C[Si](Cl)(Cl)CC[Si](Cl)(Cl)C[Si](Cl)Cl. The highest BCUT2D eigenvalue weighted by molar-refractivity contribution is 7.54. The van der Waals surface area contributed by atoms with Crippen molar-refractivity contribution in [2.75, 3.05) is 0 Å². The van der Waals surface area contributed by atoms with E-state index in [1.165, 1.54) is 0 Å². The van der Waals surface area contributed by atoms with Gasteiger partial charge in [0.25, 0.3) is 28.2 Å². The van der Waals surface area contributed by atoms with Crippen molar-refractivity contribution in [2.45, 2.75) is 23.4 Å². The molecule has 0 spiro atoms. The van der Waals surface area contributed by atoms with Gasteiger partial charge < -0.3 is 0 Å². The first-order valence-electron chi connectivity index (χ1n) is 4.13. The van der Waals surface area contributed by atoms with Crippen LogP contribution < -0.4 is 0 Å². The van der Waals surface area contributed by atoms with Crippen LogP contribution in [0.25, 0.3) is 0 Å². The average Bonchev–Trinajstić information content (AvgIpc) is 1.96. The lowest BCUT2D eigenvalue weighted by molar-refractivity contribution is 1.36. The summed E-state index contributed by atoms with van der Waals surface area (Å²) in [6.45, 7) is -4.82. The molecule has 0 bridgehead atoms. The first-order valence-corrected chi connectivity index (χ1v) is 20.5. The lowest BCUT2D eigenvalue weighted by Crippen LogP contribution is -2.30. The Bertz CT molecular complexity index is 186. The van der Waals surface area contributed by atoms with E-state index in [1.807, 2.05) is 0 Å². The van der Waals surface area contributed by atoms with Crippen LogP contribution in [-0.2, 0) is 0 Å². The molecule has 0 heterocycles. The van der Waals surface area contributed by atoms with Crippen molar-refractivity contribution >= 4 is 117 Å². The summed E-state index contributed by atoms with van der Waals surface area (Å²) in [5, 5.41) is 0. The quantitative estimate of drug-likeness (QED) is 0.337. The molecule has 96 valence electrons. The van der Waals surface area contributed by atoms with Crippen LogP contribution in [0.5, 0.6) is 0 Å². The van der Waals surface area contributed by atoms with E-state index in [0.717, 1.165) is 0 Å². The molecule has 0 saturated carbocycles. The molecule has 0 amide bonds. The Morgan fingerprint density at radius 2 is 0.875 bits per heavy atom. The molecule has 0 saturated heterocycles.